The Bertz CT molecular complexity index is 1100. The minimum atomic E-state index is -0.962. The van der Waals surface area contributed by atoms with Crippen LogP contribution in [-0.4, -0.2) is 18.0 Å². The molecule has 3 aromatic rings. The molecule has 9 heteroatoms. The number of halogens is 3. The van der Waals surface area contributed by atoms with E-state index in [0.29, 0.717) is 21.4 Å². The van der Waals surface area contributed by atoms with Gasteiger partial charge in [-0.25, -0.2) is 9.82 Å². The van der Waals surface area contributed by atoms with Crippen molar-refractivity contribution in [2.24, 2.45) is 5.10 Å². The largest absolute Gasteiger partial charge is 0.489 e. The van der Waals surface area contributed by atoms with Gasteiger partial charge in [0.1, 0.15) is 18.2 Å². The highest BCUT2D eigenvalue weighted by atomic mass is 35.5. The molecular weight excluding hydrogens is 444 g/mol. The Kier molecular flexibility index (Phi) is 7.59. The lowest BCUT2D eigenvalue weighted by Gasteiger charge is -2.07. The normalized spacial score (nSPS) is 10.7. The maximum Gasteiger partial charge on any atom is 0.329 e. The third-order valence-electron chi connectivity index (χ3n) is 3.88. The molecule has 158 valence electrons. The molecule has 2 N–H and O–H groups in total. The highest BCUT2D eigenvalue weighted by Crippen LogP contribution is 2.22. The summed E-state index contributed by atoms with van der Waals surface area (Å²) in [4.78, 5) is 23.8. The number of rotatable bonds is 6. The Morgan fingerprint density at radius 2 is 1.68 bits per heavy atom. The van der Waals surface area contributed by atoms with E-state index < -0.39 is 11.8 Å². The summed E-state index contributed by atoms with van der Waals surface area (Å²) >= 11 is 11.7. The molecule has 0 saturated carbocycles. The van der Waals surface area contributed by atoms with E-state index in [9.17, 15) is 14.0 Å². The van der Waals surface area contributed by atoms with E-state index in [4.69, 9.17) is 27.9 Å². The van der Waals surface area contributed by atoms with Crippen molar-refractivity contribution in [2.45, 2.75) is 6.61 Å². The highest BCUT2D eigenvalue weighted by molar-refractivity contribution is 6.40. The van der Waals surface area contributed by atoms with Crippen LogP contribution in [-0.2, 0) is 16.2 Å². The molecule has 0 bridgehead atoms. The van der Waals surface area contributed by atoms with E-state index in [2.05, 4.69) is 15.8 Å². The second kappa shape index (κ2) is 10.6. The van der Waals surface area contributed by atoms with Crippen LogP contribution in [0.2, 0.25) is 10.0 Å². The van der Waals surface area contributed by atoms with Crippen molar-refractivity contribution in [1.82, 2.24) is 5.43 Å². The molecule has 31 heavy (non-hydrogen) atoms. The zero-order chi connectivity index (χ0) is 22.2. The molecule has 0 spiro atoms. The summed E-state index contributed by atoms with van der Waals surface area (Å²) in [5.41, 5.74) is 3.88. The van der Waals surface area contributed by atoms with Crippen molar-refractivity contribution < 1.29 is 18.7 Å². The van der Waals surface area contributed by atoms with Crippen LogP contribution in [0.3, 0.4) is 0 Å². The van der Waals surface area contributed by atoms with Gasteiger partial charge in [-0.1, -0.05) is 47.5 Å². The van der Waals surface area contributed by atoms with Gasteiger partial charge in [0.2, 0.25) is 0 Å². The van der Waals surface area contributed by atoms with Crippen LogP contribution in [0, 0.1) is 5.82 Å². The molecule has 6 nitrogen and oxygen atoms in total. The Morgan fingerprint density at radius 3 is 2.39 bits per heavy atom. The summed E-state index contributed by atoms with van der Waals surface area (Å²) in [6.45, 7) is 0.269. The number of carbonyl (C=O) groups excluding carboxylic acids is 2. The van der Waals surface area contributed by atoms with Crippen LogP contribution in [0.1, 0.15) is 11.1 Å². The van der Waals surface area contributed by atoms with E-state index in [1.54, 1.807) is 36.4 Å². The standard InChI is InChI=1S/C22H16Cl2FN3O3/c23-16-9-17(24)11-19(10-16)27-21(29)22(30)28-26-12-15-2-1-3-20(8-15)31-13-14-4-6-18(25)7-5-14/h1-12H,13H2,(H,27,29)(H,28,30)/b26-12+. The lowest BCUT2D eigenvalue weighted by atomic mass is 10.2. The van der Waals surface area contributed by atoms with Gasteiger partial charge in [-0.3, -0.25) is 9.59 Å². The summed E-state index contributed by atoms with van der Waals surface area (Å²) in [6, 6.07) is 17.4. The fraction of sp³-hybridized carbons (Fsp3) is 0.0455. The molecule has 0 fully saturated rings. The molecule has 0 atom stereocenters. The van der Waals surface area contributed by atoms with E-state index in [1.165, 1.54) is 36.5 Å². The summed E-state index contributed by atoms with van der Waals surface area (Å²) in [6.07, 6.45) is 1.37. The smallest absolute Gasteiger partial charge is 0.329 e. The Morgan fingerprint density at radius 1 is 0.968 bits per heavy atom. The average Bonchev–Trinajstić information content (AvgIpc) is 2.73. The maximum atomic E-state index is 12.9. The molecule has 0 unspecified atom stereocenters. The number of hydrazone groups is 1. The van der Waals surface area contributed by atoms with E-state index >= 15 is 0 Å². The Labute approximate surface area is 187 Å². The number of ether oxygens (including phenoxy) is 1. The van der Waals surface area contributed by atoms with Crippen LogP contribution in [0.15, 0.2) is 71.8 Å². The number of amides is 2. The molecule has 0 aliphatic heterocycles. The zero-order valence-corrected chi connectivity index (χ0v) is 17.5. The second-order valence-electron chi connectivity index (χ2n) is 6.30. The van der Waals surface area contributed by atoms with Gasteiger partial charge >= 0.3 is 11.8 Å². The van der Waals surface area contributed by atoms with Gasteiger partial charge in [0.25, 0.3) is 0 Å². The first-order chi connectivity index (χ1) is 14.9. The van der Waals surface area contributed by atoms with Gasteiger partial charge in [-0.15, -0.1) is 0 Å². The summed E-state index contributed by atoms with van der Waals surface area (Å²) in [7, 11) is 0. The van der Waals surface area contributed by atoms with Crippen LogP contribution >= 0.6 is 23.2 Å². The fourth-order valence-corrected chi connectivity index (χ4v) is 2.99. The second-order valence-corrected chi connectivity index (χ2v) is 7.17. The number of nitrogens with zero attached hydrogens (tertiary/aromatic N) is 1. The minimum absolute atomic E-state index is 0.269. The SMILES string of the molecule is O=C(N/N=C/c1cccc(OCc2ccc(F)cc2)c1)C(=O)Nc1cc(Cl)cc(Cl)c1. The van der Waals surface area contributed by atoms with Gasteiger partial charge in [0.15, 0.2) is 0 Å². The van der Waals surface area contributed by atoms with Gasteiger partial charge in [-0.05, 0) is 53.6 Å². The Hall–Kier alpha value is -3.42. The number of nitrogens with one attached hydrogen (secondary N) is 2. The molecule has 0 aliphatic carbocycles. The van der Waals surface area contributed by atoms with Gasteiger partial charge in [0.05, 0.1) is 6.21 Å². The molecule has 3 rings (SSSR count). The highest BCUT2D eigenvalue weighted by Gasteiger charge is 2.13. The average molecular weight is 460 g/mol. The molecule has 0 saturated heterocycles. The van der Waals surface area contributed by atoms with Crippen molar-refractivity contribution >= 4 is 46.9 Å². The third kappa shape index (κ3) is 7.09. The van der Waals surface area contributed by atoms with Crippen molar-refractivity contribution in [3.8, 4) is 5.75 Å². The van der Waals surface area contributed by atoms with Crippen LogP contribution in [0.25, 0.3) is 0 Å². The van der Waals surface area contributed by atoms with Gasteiger partial charge in [0, 0.05) is 15.7 Å². The number of hydrogen-bond donors (Lipinski definition) is 2. The summed E-state index contributed by atoms with van der Waals surface area (Å²) < 4.78 is 18.6. The van der Waals surface area contributed by atoms with Crippen LogP contribution in [0.5, 0.6) is 5.75 Å². The first-order valence-electron chi connectivity index (χ1n) is 8.97. The molecule has 3 aromatic carbocycles. The molecular formula is C22H16Cl2FN3O3. The number of hydrogen-bond acceptors (Lipinski definition) is 4. The number of carbonyl (C=O) groups is 2. The van der Waals surface area contributed by atoms with Crippen LogP contribution < -0.4 is 15.5 Å². The summed E-state index contributed by atoms with van der Waals surface area (Å²) in [5, 5.41) is 6.80. The zero-order valence-electron chi connectivity index (χ0n) is 15.9. The van der Waals surface area contributed by atoms with Crippen molar-refractivity contribution in [3.63, 3.8) is 0 Å². The lowest BCUT2D eigenvalue weighted by Crippen LogP contribution is -2.32. The first kappa shape index (κ1) is 22.3. The molecule has 0 radical (unpaired) electrons. The monoisotopic (exact) mass is 459 g/mol. The summed E-state index contributed by atoms with van der Waals surface area (Å²) in [5.74, 6) is -1.63. The van der Waals surface area contributed by atoms with E-state index in [0.717, 1.165) is 5.56 Å². The van der Waals surface area contributed by atoms with Crippen molar-refractivity contribution in [3.05, 3.63) is 93.7 Å². The lowest BCUT2D eigenvalue weighted by molar-refractivity contribution is -0.136. The van der Waals surface area contributed by atoms with E-state index in [1.807, 2.05) is 0 Å². The van der Waals surface area contributed by atoms with E-state index in [-0.39, 0.29) is 18.1 Å². The van der Waals surface area contributed by atoms with Gasteiger partial charge < -0.3 is 10.1 Å². The van der Waals surface area contributed by atoms with Crippen molar-refractivity contribution in [1.29, 1.82) is 0 Å². The topological polar surface area (TPSA) is 79.8 Å². The number of benzene rings is 3. The maximum absolute atomic E-state index is 12.9. The molecule has 0 aliphatic rings. The number of anilines is 1. The minimum Gasteiger partial charge on any atom is -0.489 e. The predicted octanol–water partition coefficient (Wildman–Crippen LogP) is 4.80. The first-order valence-corrected chi connectivity index (χ1v) is 9.72. The molecule has 0 aromatic heterocycles. The molecule has 2 amide bonds. The quantitative estimate of drug-likeness (QED) is 0.315. The molecule has 0 heterocycles. The van der Waals surface area contributed by atoms with Crippen molar-refractivity contribution in [2.75, 3.05) is 5.32 Å². The van der Waals surface area contributed by atoms with Gasteiger partial charge in [-0.2, -0.15) is 5.10 Å². The third-order valence-corrected chi connectivity index (χ3v) is 4.32. The fourth-order valence-electron chi connectivity index (χ4n) is 2.46. The Balaban J connectivity index is 1.52. The van der Waals surface area contributed by atoms with Crippen LogP contribution in [0.4, 0.5) is 10.1 Å². The predicted molar refractivity (Wildman–Crippen MR) is 118 cm³/mol.